The lowest BCUT2D eigenvalue weighted by Gasteiger charge is -2.03. The maximum absolute atomic E-state index is 10.9. The molecule has 0 aliphatic heterocycles. The predicted molar refractivity (Wildman–Crippen MR) is 134 cm³/mol. The summed E-state index contributed by atoms with van der Waals surface area (Å²) in [5.41, 5.74) is 2.60. The highest BCUT2D eigenvalue weighted by Crippen LogP contribution is 2.34. The Bertz CT molecular complexity index is 1620. The van der Waals surface area contributed by atoms with Gasteiger partial charge in [-0.1, -0.05) is 54.1 Å². The maximum atomic E-state index is 10.9. The van der Waals surface area contributed by atoms with E-state index in [1.165, 1.54) is 29.5 Å². The summed E-state index contributed by atoms with van der Waals surface area (Å²) in [6.07, 6.45) is 1.62. The number of hydrogen-bond acceptors (Lipinski definition) is 6. The van der Waals surface area contributed by atoms with Crippen LogP contribution in [0.4, 0.5) is 5.69 Å². The Kier molecular flexibility index (Phi) is 5.68. The van der Waals surface area contributed by atoms with Crippen LogP contribution in [0.15, 0.2) is 82.6 Å². The summed E-state index contributed by atoms with van der Waals surface area (Å²) in [6, 6.07) is 24.0. The number of thiazole rings is 1. The fraction of sp³-hybridized carbons (Fsp3) is 0. The number of hydrogen-bond donors (Lipinski definition) is 0. The topological polar surface area (TPSA) is 93.0 Å². The Morgan fingerprint density at radius 1 is 1.09 bits per heavy atom. The van der Waals surface area contributed by atoms with Gasteiger partial charge in [-0.15, -0.1) is 11.3 Å². The van der Waals surface area contributed by atoms with Gasteiger partial charge in [0.25, 0.3) is 5.69 Å². The van der Waals surface area contributed by atoms with Gasteiger partial charge < -0.3 is 4.42 Å². The van der Waals surface area contributed by atoms with Gasteiger partial charge in [-0.25, -0.2) is 4.98 Å². The van der Waals surface area contributed by atoms with Crippen molar-refractivity contribution < 1.29 is 9.34 Å². The normalized spacial score (nSPS) is 11.5. The molecule has 0 saturated heterocycles. The molecule has 5 rings (SSSR count). The minimum absolute atomic E-state index is 0.0991. The third-order valence-electron chi connectivity index (χ3n) is 5.26. The monoisotopic (exact) mass is 483 g/mol. The van der Waals surface area contributed by atoms with E-state index >= 15 is 0 Å². The van der Waals surface area contributed by atoms with E-state index in [-0.39, 0.29) is 10.7 Å². The highest BCUT2D eigenvalue weighted by molar-refractivity contribution is 7.11. The summed E-state index contributed by atoms with van der Waals surface area (Å²) in [5, 5.41) is 25.6. The van der Waals surface area contributed by atoms with Gasteiger partial charge in [-0.3, -0.25) is 10.1 Å². The summed E-state index contributed by atoms with van der Waals surface area (Å²) < 4.78 is 5.85. The van der Waals surface area contributed by atoms with E-state index in [9.17, 15) is 15.4 Å². The van der Waals surface area contributed by atoms with E-state index in [1.807, 2.05) is 29.6 Å². The average Bonchev–Trinajstić information content (AvgIpc) is 3.52. The van der Waals surface area contributed by atoms with Crippen LogP contribution >= 0.6 is 22.9 Å². The first-order valence-electron chi connectivity index (χ1n) is 10.1. The number of rotatable bonds is 5. The summed E-state index contributed by atoms with van der Waals surface area (Å²) in [5.74, 6) is 0.891. The molecule has 0 amide bonds. The van der Waals surface area contributed by atoms with Crippen LogP contribution in [0.25, 0.3) is 45.0 Å². The first kappa shape index (κ1) is 21.6. The summed E-state index contributed by atoms with van der Waals surface area (Å²) in [4.78, 5) is 15.1. The van der Waals surface area contributed by atoms with E-state index < -0.39 is 4.92 Å². The molecule has 0 fully saturated rings. The molecule has 0 saturated carbocycles. The van der Waals surface area contributed by atoms with Crippen LogP contribution in [0.3, 0.4) is 0 Å². The van der Waals surface area contributed by atoms with Gasteiger partial charge in [0.1, 0.15) is 22.6 Å². The fourth-order valence-electron chi connectivity index (χ4n) is 3.65. The Hall–Kier alpha value is -4.25. The van der Waals surface area contributed by atoms with Crippen LogP contribution in [0.1, 0.15) is 10.8 Å². The molecule has 0 atom stereocenters. The third kappa shape index (κ3) is 4.08. The number of furan rings is 1. The minimum atomic E-state index is -0.508. The van der Waals surface area contributed by atoms with Crippen molar-refractivity contribution in [1.82, 2.24) is 4.98 Å². The number of nitro groups is 1. The van der Waals surface area contributed by atoms with Gasteiger partial charge >= 0.3 is 0 Å². The Morgan fingerprint density at radius 3 is 2.71 bits per heavy atom. The smallest absolute Gasteiger partial charge is 0.270 e. The zero-order valence-corrected chi connectivity index (χ0v) is 19.0. The quantitative estimate of drug-likeness (QED) is 0.144. The molecule has 6 nitrogen and oxygen atoms in total. The van der Waals surface area contributed by atoms with Crippen molar-refractivity contribution in [3.8, 4) is 28.7 Å². The summed E-state index contributed by atoms with van der Waals surface area (Å²) >= 11 is 7.59. The molecule has 0 bridgehead atoms. The number of halogens is 1. The molecular formula is C26H14ClN3O3S. The molecule has 0 unspecified atom stereocenters. The zero-order chi connectivity index (χ0) is 23.7. The molecule has 5 aromatic rings. The Labute approximate surface area is 203 Å². The number of benzene rings is 3. The molecule has 164 valence electrons. The minimum Gasteiger partial charge on any atom is -0.457 e. The Morgan fingerprint density at radius 2 is 1.91 bits per heavy atom. The molecule has 3 aromatic carbocycles. The van der Waals surface area contributed by atoms with Crippen molar-refractivity contribution in [2.45, 2.75) is 0 Å². The zero-order valence-electron chi connectivity index (χ0n) is 17.4. The van der Waals surface area contributed by atoms with Crippen molar-refractivity contribution in [1.29, 1.82) is 5.26 Å². The number of nitrogens with zero attached hydrogens (tertiary/aromatic N) is 3. The molecule has 2 heterocycles. The van der Waals surface area contributed by atoms with Crippen molar-refractivity contribution in [2.24, 2.45) is 0 Å². The van der Waals surface area contributed by atoms with Gasteiger partial charge in [0.2, 0.25) is 0 Å². The van der Waals surface area contributed by atoms with Crippen LogP contribution in [-0.4, -0.2) is 9.91 Å². The average molecular weight is 484 g/mol. The maximum Gasteiger partial charge on any atom is 0.270 e. The molecule has 34 heavy (non-hydrogen) atoms. The molecule has 2 aromatic heterocycles. The first-order chi connectivity index (χ1) is 16.5. The van der Waals surface area contributed by atoms with Crippen LogP contribution in [0, 0.1) is 21.4 Å². The molecule has 0 aliphatic rings. The lowest BCUT2D eigenvalue weighted by atomic mass is 10.0. The van der Waals surface area contributed by atoms with E-state index in [1.54, 1.807) is 18.2 Å². The fourth-order valence-corrected chi connectivity index (χ4v) is 4.70. The lowest BCUT2D eigenvalue weighted by molar-refractivity contribution is -0.384. The highest BCUT2D eigenvalue weighted by atomic mass is 35.5. The number of allylic oxidation sites excluding steroid dienone is 1. The Balaban J connectivity index is 1.46. The van der Waals surface area contributed by atoms with E-state index in [4.69, 9.17) is 21.0 Å². The van der Waals surface area contributed by atoms with Crippen molar-refractivity contribution in [2.75, 3.05) is 0 Å². The van der Waals surface area contributed by atoms with Gasteiger partial charge in [0.15, 0.2) is 0 Å². The van der Waals surface area contributed by atoms with E-state index in [0.717, 1.165) is 22.0 Å². The number of fused-ring (bicyclic) bond motifs is 1. The van der Waals surface area contributed by atoms with Crippen LogP contribution < -0.4 is 0 Å². The SMILES string of the molecule is N#C/C(=C\c1ccc(-c2ccc([N+](=O)[O-])cc2Cl)o1)c1nc(-c2cccc3ccccc23)cs1. The summed E-state index contributed by atoms with van der Waals surface area (Å²) in [7, 11) is 0. The van der Waals surface area contributed by atoms with Gasteiger partial charge in [0.05, 0.1) is 21.2 Å². The lowest BCUT2D eigenvalue weighted by Crippen LogP contribution is -1.88. The second-order valence-electron chi connectivity index (χ2n) is 7.36. The highest BCUT2D eigenvalue weighted by Gasteiger charge is 2.15. The van der Waals surface area contributed by atoms with Gasteiger partial charge in [-0.05, 0) is 29.0 Å². The van der Waals surface area contributed by atoms with Gasteiger partial charge in [-0.2, -0.15) is 5.26 Å². The van der Waals surface area contributed by atoms with Crippen molar-refractivity contribution in [3.63, 3.8) is 0 Å². The molecule has 0 N–H and O–H groups in total. The number of nitro benzene ring substituents is 1. The van der Waals surface area contributed by atoms with Crippen LogP contribution in [0.2, 0.25) is 5.02 Å². The standard InChI is InChI=1S/C26H14ClN3O3S/c27-23-13-18(30(31)32)8-10-22(23)25-11-9-19(33-25)12-17(14-28)26-29-24(15-34-26)21-7-3-5-16-4-1-2-6-20(16)21/h1-13,15H/b17-12+. The first-order valence-corrected chi connectivity index (χ1v) is 11.4. The van der Waals surface area contributed by atoms with Crippen molar-refractivity contribution in [3.05, 3.63) is 104 Å². The molecule has 8 heteroatoms. The van der Waals surface area contributed by atoms with E-state index in [0.29, 0.717) is 27.7 Å². The summed E-state index contributed by atoms with van der Waals surface area (Å²) in [6.45, 7) is 0. The third-order valence-corrected chi connectivity index (χ3v) is 6.45. The van der Waals surface area contributed by atoms with Crippen LogP contribution in [-0.2, 0) is 0 Å². The predicted octanol–water partition coefficient (Wildman–Crippen LogP) is 7.85. The second kappa shape index (κ2) is 8.94. The number of aromatic nitrogens is 1. The molecule has 0 spiro atoms. The largest absolute Gasteiger partial charge is 0.457 e. The number of nitriles is 1. The van der Waals surface area contributed by atoms with Crippen molar-refractivity contribution >= 4 is 51.0 Å². The molecule has 0 radical (unpaired) electrons. The second-order valence-corrected chi connectivity index (χ2v) is 8.62. The van der Waals surface area contributed by atoms with Gasteiger partial charge in [0, 0.05) is 34.7 Å². The van der Waals surface area contributed by atoms with E-state index in [2.05, 4.69) is 24.3 Å². The molecular weight excluding hydrogens is 470 g/mol. The van der Waals surface area contributed by atoms with Crippen LogP contribution in [0.5, 0.6) is 0 Å². The number of non-ortho nitro benzene ring substituents is 1. The molecule has 0 aliphatic carbocycles.